The van der Waals surface area contributed by atoms with Gasteiger partial charge in [-0.05, 0) is 6.92 Å². The van der Waals surface area contributed by atoms with Crippen molar-refractivity contribution in [3.8, 4) is 10.8 Å². The van der Waals surface area contributed by atoms with Crippen LogP contribution in [0.2, 0.25) is 0 Å². The Bertz CT molecular complexity index is 659. The Kier molecular flexibility index (Phi) is 3.34. The molecule has 0 unspecified atom stereocenters. The van der Waals surface area contributed by atoms with E-state index in [0.29, 0.717) is 10.7 Å². The maximum atomic E-state index is 11.4. The molecule has 0 radical (unpaired) electrons. The largest absolute Gasteiger partial charge is 0.506 e. The molecule has 0 bridgehead atoms. The molecular formula is C11H11N3O4S. The second-order valence-electron chi connectivity index (χ2n) is 3.78. The number of esters is 1. The van der Waals surface area contributed by atoms with Gasteiger partial charge in [-0.3, -0.25) is 4.79 Å². The molecule has 19 heavy (non-hydrogen) atoms. The molecule has 0 saturated carbocycles. The van der Waals surface area contributed by atoms with Crippen molar-refractivity contribution in [1.82, 2.24) is 15.0 Å². The molecule has 2 aromatic heterocycles. The third kappa shape index (κ3) is 2.22. The number of rotatable bonds is 3. The van der Waals surface area contributed by atoms with Gasteiger partial charge in [-0.1, -0.05) is 5.21 Å². The van der Waals surface area contributed by atoms with Gasteiger partial charge in [0.2, 0.25) is 0 Å². The first-order chi connectivity index (χ1) is 8.95. The van der Waals surface area contributed by atoms with E-state index in [2.05, 4.69) is 15.0 Å². The predicted molar refractivity (Wildman–Crippen MR) is 67.0 cm³/mol. The fourth-order valence-electron chi connectivity index (χ4n) is 1.58. The second-order valence-corrected chi connectivity index (χ2v) is 4.81. The van der Waals surface area contributed by atoms with Gasteiger partial charge in [0.05, 0.1) is 12.8 Å². The molecule has 2 heterocycles. The van der Waals surface area contributed by atoms with Crippen LogP contribution in [0.25, 0.3) is 5.00 Å². The molecule has 7 nitrogen and oxygen atoms in total. The van der Waals surface area contributed by atoms with Crippen molar-refractivity contribution in [2.45, 2.75) is 13.8 Å². The topological polar surface area (TPSA) is 94.3 Å². The molecule has 2 rings (SSSR count). The number of nitrogens with zero attached hydrogens (tertiary/aromatic N) is 3. The number of aromatic nitrogens is 3. The SMILES string of the molecule is COC(=O)c1sc(-n2nnc(C(C)=O)c2C)cc1O. The summed E-state index contributed by atoms with van der Waals surface area (Å²) in [6.45, 7) is 3.08. The summed E-state index contributed by atoms with van der Waals surface area (Å²) in [7, 11) is 1.23. The summed E-state index contributed by atoms with van der Waals surface area (Å²) < 4.78 is 5.95. The zero-order valence-corrected chi connectivity index (χ0v) is 11.3. The summed E-state index contributed by atoms with van der Waals surface area (Å²) in [5.74, 6) is -1.01. The summed E-state index contributed by atoms with van der Waals surface area (Å²) >= 11 is 1.01. The van der Waals surface area contributed by atoms with Gasteiger partial charge in [0.25, 0.3) is 0 Å². The van der Waals surface area contributed by atoms with Crippen LogP contribution in [-0.4, -0.2) is 39.0 Å². The lowest BCUT2D eigenvalue weighted by atomic mass is 10.2. The zero-order valence-electron chi connectivity index (χ0n) is 10.5. The Labute approximate surface area is 112 Å². The highest BCUT2D eigenvalue weighted by atomic mass is 32.1. The fourth-order valence-corrected chi connectivity index (χ4v) is 2.55. The lowest BCUT2D eigenvalue weighted by molar-refractivity contribution is 0.0603. The Hall–Kier alpha value is -2.22. The van der Waals surface area contributed by atoms with Gasteiger partial charge in [-0.15, -0.1) is 16.4 Å². The molecule has 0 aliphatic carbocycles. The molecule has 0 aromatic carbocycles. The third-order valence-electron chi connectivity index (χ3n) is 2.51. The molecule has 0 atom stereocenters. The molecule has 100 valence electrons. The van der Waals surface area contributed by atoms with E-state index < -0.39 is 5.97 Å². The lowest BCUT2D eigenvalue weighted by Gasteiger charge is -1.98. The molecular weight excluding hydrogens is 270 g/mol. The van der Waals surface area contributed by atoms with Crippen LogP contribution in [0.15, 0.2) is 6.07 Å². The first kappa shape index (κ1) is 13.2. The Morgan fingerprint density at radius 1 is 1.47 bits per heavy atom. The minimum absolute atomic E-state index is 0.0803. The molecule has 0 amide bonds. The summed E-state index contributed by atoms with van der Waals surface area (Å²) in [6, 6.07) is 1.38. The maximum Gasteiger partial charge on any atom is 0.351 e. The van der Waals surface area contributed by atoms with Crippen LogP contribution in [0.4, 0.5) is 0 Å². The van der Waals surface area contributed by atoms with Gasteiger partial charge in [-0.2, -0.15) is 0 Å². The van der Waals surface area contributed by atoms with Gasteiger partial charge >= 0.3 is 5.97 Å². The molecule has 2 aromatic rings. The van der Waals surface area contributed by atoms with Crippen LogP contribution in [0.1, 0.15) is 32.8 Å². The monoisotopic (exact) mass is 281 g/mol. The quantitative estimate of drug-likeness (QED) is 0.673. The highest BCUT2D eigenvalue weighted by Gasteiger charge is 2.20. The number of hydrogen-bond donors (Lipinski definition) is 1. The van der Waals surface area contributed by atoms with E-state index in [9.17, 15) is 14.7 Å². The fraction of sp³-hybridized carbons (Fsp3) is 0.273. The standard InChI is InChI=1S/C11H11N3O4S/c1-5-9(6(2)15)12-13-14(5)8-4-7(16)10(19-8)11(17)18-3/h4,16H,1-3H3. The van der Waals surface area contributed by atoms with E-state index in [1.165, 1.54) is 24.8 Å². The van der Waals surface area contributed by atoms with Crippen molar-refractivity contribution >= 4 is 23.1 Å². The molecule has 0 aliphatic heterocycles. The van der Waals surface area contributed by atoms with Crippen molar-refractivity contribution < 1.29 is 19.4 Å². The smallest absolute Gasteiger partial charge is 0.351 e. The Morgan fingerprint density at radius 3 is 2.68 bits per heavy atom. The minimum Gasteiger partial charge on any atom is -0.506 e. The molecule has 0 fully saturated rings. The van der Waals surface area contributed by atoms with E-state index in [1.807, 2.05) is 0 Å². The zero-order chi connectivity index (χ0) is 14.2. The van der Waals surface area contributed by atoms with E-state index in [1.54, 1.807) is 6.92 Å². The van der Waals surface area contributed by atoms with Crippen LogP contribution in [0.5, 0.6) is 5.75 Å². The first-order valence-electron chi connectivity index (χ1n) is 5.30. The van der Waals surface area contributed by atoms with Gasteiger partial charge in [-0.25, -0.2) is 9.48 Å². The van der Waals surface area contributed by atoms with Gasteiger partial charge in [0.15, 0.2) is 16.4 Å². The molecule has 1 N–H and O–H groups in total. The average molecular weight is 281 g/mol. The number of Topliss-reactive ketones (excluding diaryl/α,β-unsaturated/α-hetero) is 1. The van der Waals surface area contributed by atoms with Crippen LogP contribution < -0.4 is 0 Å². The van der Waals surface area contributed by atoms with E-state index in [-0.39, 0.29) is 22.1 Å². The van der Waals surface area contributed by atoms with E-state index in [4.69, 9.17) is 0 Å². The van der Waals surface area contributed by atoms with Crippen molar-refractivity contribution in [3.63, 3.8) is 0 Å². The average Bonchev–Trinajstić information content (AvgIpc) is 2.91. The second kappa shape index (κ2) is 4.81. The first-order valence-corrected chi connectivity index (χ1v) is 6.12. The number of thiophene rings is 1. The van der Waals surface area contributed by atoms with Crippen molar-refractivity contribution in [2.75, 3.05) is 7.11 Å². The molecule has 8 heteroatoms. The highest BCUT2D eigenvalue weighted by molar-refractivity contribution is 7.16. The number of carbonyl (C=O) groups excluding carboxylic acids is 2. The minimum atomic E-state index is -0.627. The number of carbonyl (C=O) groups is 2. The Morgan fingerprint density at radius 2 is 2.16 bits per heavy atom. The number of ether oxygens (including phenoxy) is 1. The van der Waals surface area contributed by atoms with Crippen molar-refractivity contribution in [1.29, 1.82) is 0 Å². The van der Waals surface area contributed by atoms with Crippen molar-refractivity contribution in [2.24, 2.45) is 0 Å². The van der Waals surface area contributed by atoms with Crippen LogP contribution in [0, 0.1) is 6.92 Å². The van der Waals surface area contributed by atoms with Crippen LogP contribution in [0.3, 0.4) is 0 Å². The number of ketones is 1. The van der Waals surface area contributed by atoms with Gasteiger partial charge < -0.3 is 9.84 Å². The normalized spacial score (nSPS) is 10.5. The van der Waals surface area contributed by atoms with Gasteiger partial charge in [0, 0.05) is 13.0 Å². The maximum absolute atomic E-state index is 11.4. The van der Waals surface area contributed by atoms with E-state index >= 15 is 0 Å². The molecule has 0 spiro atoms. The Balaban J connectivity index is 2.49. The van der Waals surface area contributed by atoms with Crippen LogP contribution in [-0.2, 0) is 4.74 Å². The number of methoxy groups -OCH3 is 1. The third-order valence-corrected chi connectivity index (χ3v) is 3.59. The number of hydrogen-bond acceptors (Lipinski definition) is 7. The summed E-state index contributed by atoms with van der Waals surface area (Å²) in [5.41, 5.74) is 0.803. The summed E-state index contributed by atoms with van der Waals surface area (Å²) in [6.07, 6.45) is 0. The van der Waals surface area contributed by atoms with E-state index in [0.717, 1.165) is 11.3 Å². The lowest BCUT2D eigenvalue weighted by Crippen LogP contribution is -1.99. The molecule has 0 saturated heterocycles. The highest BCUT2D eigenvalue weighted by Crippen LogP contribution is 2.31. The molecule has 0 aliphatic rings. The van der Waals surface area contributed by atoms with Crippen molar-refractivity contribution in [3.05, 3.63) is 22.3 Å². The summed E-state index contributed by atoms with van der Waals surface area (Å²) in [5, 5.41) is 17.8. The summed E-state index contributed by atoms with van der Waals surface area (Å²) in [4.78, 5) is 22.8. The number of aromatic hydroxyl groups is 1. The predicted octanol–water partition coefficient (Wildman–Crippen LogP) is 1.33. The van der Waals surface area contributed by atoms with Gasteiger partial charge in [0.1, 0.15) is 10.8 Å². The van der Waals surface area contributed by atoms with Crippen LogP contribution >= 0.6 is 11.3 Å².